The first-order valence-corrected chi connectivity index (χ1v) is 5.74. The summed E-state index contributed by atoms with van der Waals surface area (Å²) in [5.41, 5.74) is 5.91. The molecule has 1 unspecified atom stereocenters. The van der Waals surface area contributed by atoms with Gasteiger partial charge in [-0.3, -0.25) is 5.84 Å². The highest BCUT2D eigenvalue weighted by Gasteiger charge is 2.17. The molecule has 1 heterocycles. The highest BCUT2D eigenvalue weighted by molar-refractivity contribution is 5.39. The van der Waals surface area contributed by atoms with Crippen LogP contribution in [0.25, 0.3) is 0 Å². The second-order valence-corrected chi connectivity index (χ2v) is 4.29. The van der Waals surface area contributed by atoms with Crippen LogP contribution in [0.5, 0.6) is 5.75 Å². The van der Waals surface area contributed by atoms with E-state index in [-0.39, 0.29) is 6.04 Å². The number of hydrogen-bond acceptors (Lipinski definition) is 4. The fourth-order valence-corrected chi connectivity index (χ4v) is 2.02. The van der Waals surface area contributed by atoms with Crippen LogP contribution in [0.3, 0.4) is 0 Å². The van der Waals surface area contributed by atoms with Gasteiger partial charge in [0.05, 0.1) is 25.2 Å². The van der Waals surface area contributed by atoms with Gasteiger partial charge in [-0.2, -0.15) is 0 Å². The van der Waals surface area contributed by atoms with Crippen LogP contribution in [0, 0.1) is 6.92 Å². The molecule has 0 radical (unpaired) electrons. The van der Waals surface area contributed by atoms with Gasteiger partial charge in [-0.15, -0.1) is 0 Å². The molecule has 1 atom stereocenters. The second kappa shape index (κ2) is 5.20. The van der Waals surface area contributed by atoms with Crippen molar-refractivity contribution in [3.63, 3.8) is 0 Å². The van der Waals surface area contributed by atoms with Crippen molar-refractivity contribution >= 4 is 0 Å². The molecule has 3 N–H and O–H groups in total. The number of ether oxygens (including phenoxy) is 1. The number of methoxy groups -OCH3 is 1. The Morgan fingerprint density at radius 1 is 1.44 bits per heavy atom. The van der Waals surface area contributed by atoms with E-state index in [1.165, 1.54) is 0 Å². The normalized spacial score (nSPS) is 12.4. The van der Waals surface area contributed by atoms with Gasteiger partial charge in [0.2, 0.25) is 0 Å². The van der Waals surface area contributed by atoms with E-state index in [0.717, 1.165) is 22.6 Å². The number of rotatable bonds is 4. The van der Waals surface area contributed by atoms with Gasteiger partial charge in [0.25, 0.3) is 0 Å². The third-order valence-corrected chi connectivity index (χ3v) is 2.98. The predicted octanol–water partition coefficient (Wildman–Crippen LogP) is 1.29. The average Bonchev–Trinajstić information content (AvgIpc) is 2.78. The molecular formula is C13H18N4O. The van der Waals surface area contributed by atoms with Crippen molar-refractivity contribution in [2.75, 3.05) is 7.11 Å². The number of hydrogen-bond donors (Lipinski definition) is 2. The molecule has 0 amide bonds. The maximum atomic E-state index is 5.66. The zero-order valence-corrected chi connectivity index (χ0v) is 10.8. The van der Waals surface area contributed by atoms with Gasteiger partial charge >= 0.3 is 0 Å². The monoisotopic (exact) mass is 246 g/mol. The van der Waals surface area contributed by atoms with Crippen LogP contribution < -0.4 is 16.0 Å². The smallest absolute Gasteiger partial charge is 0.119 e. The molecule has 0 aliphatic heterocycles. The van der Waals surface area contributed by atoms with E-state index in [4.69, 9.17) is 10.6 Å². The molecule has 1 aromatic carbocycles. The SMILES string of the molecule is COc1ccc(C(NN)c2cn(C)cn2)c(C)c1. The van der Waals surface area contributed by atoms with E-state index in [1.807, 2.05) is 42.9 Å². The first kappa shape index (κ1) is 12.6. The van der Waals surface area contributed by atoms with Crippen molar-refractivity contribution in [2.45, 2.75) is 13.0 Å². The van der Waals surface area contributed by atoms with Crippen LogP contribution in [0.4, 0.5) is 0 Å². The van der Waals surface area contributed by atoms with Crippen LogP contribution in [0.2, 0.25) is 0 Å². The lowest BCUT2D eigenvalue weighted by Gasteiger charge is -2.17. The third-order valence-electron chi connectivity index (χ3n) is 2.98. The summed E-state index contributed by atoms with van der Waals surface area (Å²) in [6.45, 7) is 2.03. The number of imidazole rings is 1. The summed E-state index contributed by atoms with van der Waals surface area (Å²) in [6.07, 6.45) is 3.72. The summed E-state index contributed by atoms with van der Waals surface area (Å²) in [5.74, 6) is 6.50. The van der Waals surface area contributed by atoms with E-state index in [9.17, 15) is 0 Å². The van der Waals surface area contributed by atoms with Crippen LogP contribution >= 0.6 is 0 Å². The first-order valence-electron chi connectivity index (χ1n) is 5.74. The van der Waals surface area contributed by atoms with Crippen molar-refractivity contribution in [3.05, 3.63) is 47.5 Å². The molecule has 0 spiro atoms. The summed E-state index contributed by atoms with van der Waals surface area (Å²) in [6, 6.07) is 5.81. The van der Waals surface area contributed by atoms with Gasteiger partial charge < -0.3 is 9.30 Å². The molecule has 0 aliphatic carbocycles. The standard InChI is InChI=1S/C13H18N4O/c1-9-6-10(18-3)4-5-11(9)13(16-14)12-7-17(2)8-15-12/h4-8,13,16H,14H2,1-3H3. The highest BCUT2D eigenvalue weighted by atomic mass is 16.5. The molecule has 0 saturated heterocycles. The molecular weight excluding hydrogens is 228 g/mol. The Bertz CT molecular complexity index is 536. The van der Waals surface area contributed by atoms with Crippen molar-refractivity contribution in [2.24, 2.45) is 12.9 Å². The maximum Gasteiger partial charge on any atom is 0.119 e. The number of nitrogens with one attached hydrogen (secondary N) is 1. The van der Waals surface area contributed by atoms with E-state index >= 15 is 0 Å². The lowest BCUT2D eigenvalue weighted by atomic mass is 9.99. The summed E-state index contributed by atoms with van der Waals surface area (Å²) in [5, 5.41) is 0. The van der Waals surface area contributed by atoms with E-state index in [1.54, 1.807) is 13.4 Å². The van der Waals surface area contributed by atoms with Gasteiger partial charge in [-0.25, -0.2) is 10.4 Å². The third kappa shape index (κ3) is 2.37. The van der Waals surface area contributed by atoms with Crippen LogP contribution in [-0.4, -0.2) is 16.7 Å². The number of nitrogens with two attached hydrogens (primary N) is 1. The summed E-state index contributed by atoms with van der Waals surface area (Å²) >= 11 is 0. The fourth-order valence-electron chi connectivity index (χ4n) is 2.02. The van der Waals surface area contributed by atoms with Gasteiger partial charge in [-0.05, 0) is 30.2 Å². The lowest BCUT2D eigenvalue weighted by molar-refractivity contribution is 0.414. The molecule has 5 nitrogen and oxygen atoms in total. The molecule has 0 bridgehead atoms. The van der Waals surface area contributed by atoms with E-state index < -0.39 is 0 Å². The molecule has 1 aromatic heterocycles. The van der Waals surface area contributed by atoms with Crippen molar-refractivity contribution in [1.82, 2.24) is 15.0 Å². The molecule has 18 heavy (non-hydrogen) atoms. The zero-order chi connectivity index (χ0) is 13.1. The second-order valence-electron chi connectivity index (χ2n) is 4.29. The summed E-state index contributed by atoms with van der Waals surface area (Å²) in [7, 11) is 3.59. The summed E-state index contributed by atoms with van der Waals surface area (Å²) < 4.78 is 7.10. The Morgan fingerprint density at radius 2 is 2.22 bits per heavy atom. The van der Waals surface area contributed by atoms with Crippen molar-refractivity contribution in [1.29, 1.82) is 0 Å². The Morgan fingerprint density at radius 3 is 2.72 bits per heavy atom. The Balaban J connectivity index is 2.39. The number of aryl methyl sites for hydroxylation is 2. The van der Waals surface area contributed by atoms with E-state index in [2.05, 4.69) is 10.4 Å². The van der Waals surface area contributed by atoms with Crippen LogP contribution in [0.15, 0.2) is 30.7 Å². The molecule has 2 rings (SSSR count). The number of nitrogens with zero attached hydrogens (tertiary/aromatic N) is 2. The van der Waals surface area contributed by atoms with Gasteiger partial charge in [0, 0.05) is 13.2 Å². The summed E-state index contributed by atoms with van der Waals surface area (Å²) in [4.78, 5) is 4.34. The minimum Gasteiger partial charge on any atom is -0.497 e. The number of aromatic nitrogens is 2. The average molecular weight is 246 g/mol. The van der Waals surface area contributed by atoms with Crippen molar-refractivity contribution < 1.29 is 4.74 Å². The van der Waals surface area contributed by atoms with Crippen LogP contribution in [0.1, 0.15) is 22.9 Å². The van der Waals surface area contributed by atoms with Gasteiger partial charge in [0.1, 0.15) is 5.75 Å². The molecule has 0 saturated carbocycles. The Kier molecular flexibility index (Phi) is 3.64. The molecule has 0 aliphatic rings. The first-order chi connectivity index (χ1) is 8.65. The number of hydrazine groups is 1. The lowest BCUT2D eigenvalue weighted by Crippen LogP contribution is -2.29. The molecule has 5 heteroatoms. The van der Waals surface area contributed by atoms with Crippen LogP contribution in [-0.2, 0) is 7.05 Å². The Labute approximate surface area is 107 Å². The molecule has 0 fully saturated rings. The van der Waals surface area contributed by atoms with E-state index in [0.29, 0.717) is 0 Å². The maximum absolute atomic E-state index is 5.66. The molecule has 2 aromatic rings. The molecule has 96 valence electrons. The van der Waals surface area contributed by atoms with Crippen molar-refractivity contribution in [3.8, 4) is 5.75 Å². The quantitative estimate of drug-likeness (QED) is 0.630. The largest absolute Gasteiger partial charge is 0.497 e. The Hall–Kier alpha value is -1.85. The highest BCUT2D eigenvalue weighted by Crippen LogP contribution is 2.25. The topological polar surface area (TPSA) is 65.1 Å². The zero-order valence-electron chi connectivity index (χ0n) is 10.8. The number of benzene rings is 1. The van der Waals surface area contributed by atoms with Gasteiger partial charge in [-0.1, -0.05) is 6.07 Å². The minimum absolute atomic E-state index is 0.114. The van der Waals surface area contributed by atoms with Gasteiger partial charge in [0.15, 0.2) is 0 Å². The minimum atomic E-state index is -0.114. The fraction of sp³-hybridized carbons (Fsp3) is 0.308. The predicted molar refractivity (Wildman–Crippen MR) is 70.1 cm³/mol.